The number of rotatable bonds is 5. The van der Waals surface area contributed by atoms with Gasteiger partial charge in [0.2, 0.25) is 5.78 Å². The Labute approximate surface area is 161 Å². The van der Waals surface area contributed by atoms with E-state index in [1.54, 1.807) is 16.7 Å². The van der Waals surface area contributed by atoms with Crippen LogP contribution in [0.3, 0.4) is 0 Å². The lowest BCUT2D eigenvalue weighted by Gasteiger charge is -2.12. The molecule has 1 saturated carbocycles. The number of carbonyl (C=O) groups excluding carboxylic acids is 2. The van der Waals surface area contributed by atoms with Crippen molar-refractivity contribution in [1.29, 1.82) is 0 Å². The molecule has 0 aliphatic heterocycles. The molecule has 0 bridgehead atoms. The van der Waals surface area contributed by atoms with Crippen LogP contribution in [0, 0.1) is 12.7 Å². The second-order valence-corrected chi connectivity index (χ2v) is 6.94. The molecule has 3 N–H and O–H groups in total. The predicted octanol–water partition coefficient (Wildman–Crippen LogP) is 3.03. The summed E-state index contributed by atoms with van der Waals surface area (Å²) in [5, 5.41) is 2.95. The molecule has 3 aromatic rings. The van der Waals surface area contributed by atoms with Crippen LogP contribution in [0.25, 0.3) is 5.69 Å². The summed E-state index contributed by atoms with van der Waals surface area (Å²) >= 11 is 0. The van der Waals surface area contributed by atoms with E-state index in [0.29, 0.717) is 11.3 Å². The lowest BCUT2D eigenvalue weighted by atomic mass is 10.1. The number of nitrogens with one attached hydrogen (secondary N) is 1. The number of aromatic nitrogens is 2. The third kappa shape index (κ3) is 3.38. The van der Waals surface area contributed by atoms with Crippen LogP contribution in [0.4, 0.5) is 10.2 Å². The van der Waals surface area contributed by atoms with Crippen molar-refractivity contribution in [1.82, 2.24) is 14.9 Å². The van der Waals surface area contributed by atoms with Crippen molar-refractivity contribution in [3.63, 3.8) is 0 Å². The van der Waals surface area contributed by atoms with Crippen molar-refractivity contribution < 1.29 is 14.0 Å². The highest BCUT2D eigenvalue weighted by Crippen LogP contribution is 2.24. The van der Waals surface area contributed by atoms with E-state index in [4.69, 9.17) is 5.73 Å². The maximum Gasteiger partial charge on any atom is 0.251 e. The first kappa shape index (κ1) is 17.9. The number of benzene rings is 2. The van der Waals surface area contributed by atoms with Crippen LogP contribution in [0.2, 0.25) is 0 Å². The number of nitrogens with zero attached hydrogens (tertiary/aromatic N) is 2. The van der Waals surface area contributed by atoms with E-state index in [1.165, 1.54) is 24.5 Å². The number of aryl methyl sites for hydroxylation is 1. The fraction of sp³-hybridized carbons (Fsp3) is 0.190. The van der Waals surface area contributed by atoms with Crippen LogP contribution < -0.4 is 11.1 Å². The Morgan fingerprint density at radius 3 is 2.68 bits per heavy atom. The Morgan fingerprint density at radius 2 is 1.96 bits per heavy atom. The van der Waals surface area contributed by atoms with Crippen molar-refractivity contribution in [2.75, 3.05) is 5.73 Å². The largest absolute Gasteiger partial charge is 0.383 e. The van der Waals surface area contributed by atoms with E-state index < -0.39 is 11.6 Å². The van der Waals surface area contributed by atoms with Gasteiger partial charge in [0.25, 0.3) is 5.91 Å². The minimum absolute atomic E-state index is 0.0397. The molecule has 6 nitrogen and oxygen atoms in total. The minimum Gasteiger partial charge on any atom is -0.383 e. The highest BCUT2D eigenvalue weighted by Gasteiger charge is 2.24. The van der Waals surface area contributed by atoms with Gasteiger partial charge in [0.05, 0.1) is 5.69 Å². The quantitative estimate of drug-likeness (QED) is 0.668. The number of hydrogen-bond acceptors (Lipinski definition) is 4. The third-order valence-corrected chi connectivity index (χ3v) is 4.75. The van der Waals surface area contributed by atoms with E-state index >= 15 is 0 Å². The minimum atomic E-state index is -0.505. The molecule has 0 atom stereocenters. The molecule has 1 amide bonds. The average Bonchev–Trinajstić information content (AvgIpc) is 3.41. The Kier molecular flexibility index (Phi) is 4.43. The average molecular weight is 378 g/mol. The van der Waals surface area contributed by atoms with E-state index in [0.717, 1.165) is 24.5 Å². The second-order valence-electron chi connectivity index (χ2n) is 6.94. The highest BCUT2D eigenvalue weighted by molar-refractivity contribution is 6.10. The zero-order valence-corrected chi connectivity index (χ0v) is 15.3. The summed E-state index contributed by atoms with van der Waals surface area (Å²) in [7, 11) is 0. The van der Waals surface area contributed by atoms with Crippen LogP contribution in [-0.4, -0.2) is 27.3 Å². The molecule has 0 saturated heterocycles. The summed E-state index contributed by atoms with van der Waals surface area (Å²) in [6, 6.07) is 10.9. The van der Waals surface area contributed by atoms with Gasteiger partial charge in [-0.05, 0) is 49.6 Å². The Hall–Kier alpha value is -3.48. The molecule has 1 aliphatic carbocycles. The molecule has 28 heavy (non-hydrogen) atoms. The highest BCUT2D eigenvalue weighted by atomic mass is 19.1. The smallest absolute Gasteiger partial charge is 0.251 e. The molecule has 0 spiro atoms. The number of nitrogen functional groups attached to an aromatic ring is 1. The summed E-state index contributed by atoms with van der Waals surface area (Å²) < 4.78 is 15.0. The van der Waals surface area contributed by atoms with Crippen molar-refractivity contribution >= 4 is 17.5 Å². The van der Waals surface area contributed by atoms with Crippen molar-refractivity contribution in [3.05, 3.63) is 77.0 Å². The van der Waals surface area contributed by atoms with E-state index in [2.05, 4.69) is 10.3 Å². The second kappa shape index (κ2) is 6.92. The number of imidazole rings is 1. The molecular weight excluding hydrogens is 359 g/mol. The van der Waals surface area contributed by atoms with Gasteiger partial charge in [-0.25, -0.2) is 9.37 Å². The molecule has 0 radical (unpaired) electrons. The fourth-order valence-electron chi connectivity index (χ4n) is 3.00. The maximum atomic E-state index is 13.4. The molecule has 1 aromatic heterocycles. The summed E-state index contributed by atoms with van der Waals surface area (Å²) in [5.74, 6) is -0.972. The zero-order chi connectivity index (χ0) is 19.8. The van der Waals surface area contributed by atoms with Gasteiger partial charge in [-0.1, -0.05) is 18.2 Å². The van der Waals surface area contributed by atoms with Crippen molar-refractivity contribution in [2.24, 2.45) is 0 Å². The van der Waals surface area contributed by atoms with Crippen molar-refractivity contribution in [2.45, 2.75) is 25.8 Å². The molecule has 4 rings (SSSR count). The van der Waals surface area contributed by atoms with Gasteiger partial charge in [0.15, 0.2) is 5.69 Å². The molecule has 7 heteroatoms. The standard InChI is InChI=1S/C21H19FN4O2/c1-12-5-6-14(21(28)25-16-7-8-16)10-17(12)26-11-24-18(20(26)23)19(27)13-3-2-4-15(22)9-13/h2-6,9-11,16H,7-8,23H2,1H3,(H,25,28). The molecule has 2 aromatic carbocycles. The topological polar surface area (TPSA) is 90.0 Å². The number of anilines is 1. The number of amides is 1. The van der Waals surface area contributed by atoms with Gasteiger partial charge in [0.1, 0.15) is 18.0 Å². The summed E-state index contributed by atoms with van der Waals surface area (Å²) in [5.41, 5.74) is 8.44. The molecule has 0 unspecified atom stereocenters. The lowest BCUT2D eigenvalue weighted by Crippen LogP contribution is -2.25. The Bertz CT molecular complexity index is 1090. The molecule has 1 fully saturated rings. The van der Waals surface area contributed by atoms with Crippen LogP contribution in [-0.2, 0) is 0 Å². The van der Waals surface area contributed by atoms with Crippen molar-refractivity contribution in [3.8, 4) is 5.69 Å². The monoisotopic (exact) mass is 378 g/mol. The first-order chi connectivity index (χ1) is 13.4. The number of carbonyl (C=O) groups is 2. The van der Waals surface area contributed by atoms with Crippen LogP contribution in [0.5, 0.6) is 0 Å². The van der Waals surface area contributed by atoms with Gasteiger partial charge in [-0.2, -0.15) is 0 Å². The van der Waals surface area contributed by atoms with Gasteiger partial charge in [-0.15, -0.1) is 0 Å². The van der Waals surface area contributed by atoms with Gasteiger partial charge < -0.3 is 11.1 Å². The SMILES string of the molecule is Cc1ccc(C(=O)NC2CC2)cc1-n1cnc(C(=O)c2cccc(F)c2)c1N. The molecular formula is C21H19FN4O2. The Morgan fingerprint density at radius 1 is 1.18 bits per heavy atom. The van der Waals surface area contributed by atoms with Gasteiger partial charge >= 0.3 is 0 Å². The maximum absolute atomic E-state index is 13.4. The van der Waals surface area contributed by atoms with Gasteiger partial charge in [0, 0.05) is 17.2 Å². The third-order valence-electron chi connectivity index (χ3n) is 4.75. The van der Waals surface area contributed by atoms with E-state index in [-0.39, 0.29) is 29.0 Å². The first-order valence-corrected chi connectivity index (χ1v) is 8.99. The van der Waals surface area contributed by atoms with E-state index in [9.17, 15) is 14.0 Å². The lowest BCUT2D eigenvalue weighted by molar-refractivity contribution is 0.0950. The van der Waals surface area contributed by atoms with Crippen LogP contribution in [0.15, 0.2) is 48.8 Å². The molecule has 1 aliphatic rings. The summed E-state index contributed by atoms with van der Waals surface area (Å²) in [6.07, 6.45) is 3.45. The number of hydrogen-bond donors (Lipinski definition) is 2. The zero-order valence-electron chi connectivity index (χ0n) is 15.3. The summed E-state index contributed by atoms with van der Waals surface area (Å²) in [6.45, 7) is 1.88. The molecule has 142 valence electrons. The van der Waals surface area contributed by atoms with Gasteiger partial charge in [-0.3, -0.25) is 14.2 Å². The van der Waals surface area contributed by atoms with E-state index in [1.807, 2.05) is 13.0 Å². The number of nitrogens with two attached hydrogens (primary N) is 1. The molecule has 1 heterocycles. The Balaban J connectivity index is 1.68. The van der Waals surface area contributed by atoms with Crippen LogP contribution >= 0.6 is 0 Å². The number of halogens is 1. The normalized spacial score (nSPS) is 13.4. The van der Waals surface area contributed by atoms with Crippen LogP contribution in [0.1, 0.15) is 44.8 Å². The first-order valence-electron chi connectivity index (χ1n) is 8.99. The fourth-order valence-corrected chi connectivity index (χ4v) is 3.00. The predicted molar refractivity (Wildman–Crippen MR) is 103 cm³/mol. The summed E-state index contributed by atoms with van der Waals surface area (Å²) in [4.78, 5) is 29.2. The number of ketones is 1.